The Hall–Kier alpha value is -1.62. The Kier molecular flexibility index (Phi) is 6.15. The second kappa shape index (κ2) is 7.41. The van der Waals surface area contributed by atoms with E-state index in [2.05, 4.69) is 5.32 Å². The molecule has 6 nitrogen and oxygen atoms in total. The van der Waals surface area contributed by atoms with E-state index >= 15 is 0 Å². The number of halogens is 1. The van der Waals surface area contributed by atoms with Crippen LogP contribution in [0, 0.1) is 11.3 Å². The van der Waals surface area contributed by atoms with Crippen molar-refractivity contribution in [1.29, 1.82) is 5.26 Å². The first kappa shape index (κ1) is 17.4. The second-order valence-corrected chi connectivity index (χ2v) is 6.61. The summed E-state index contributed by atoms with van der Waals surface area (Å²) in [7, 11) is -2.40. The molecule has 1 aromatic rings. The smallest absolute Gasteiger partial charge is 0.243 e. The highest BCUT2D eigenvalue weighted by molar-refractivity contribution is 7.89. The number of nitrogens with one attached hydrogen (secondary N) is 1. The van der Waals surface area contributed by atoms with Crippen LogP contribution in [0.5, 0.6) is 0 Å². The third-order valence-electron chi connectivity index (χ3n) is 2.77. The Morgan fingerprint density at radius 1 is 1.48 bits per heavy atom. The molecule has 0 atom stereocenters. The second-order valence-electron chi connectivity index (χ2n) is 4.27. The van der Waals surface area contributed by atoms with E-state index in [-0.39, 0.29) is 28.6 Å². The van der Waals surface area contributed by atoms with Gasteiger partial charge in [0.25, 0.3) is 0 Å². The Bertz CT molecular complexity index is 668. The average molecular weight is 330 g/mol. The van der Waals surface area contributed by atoms with Gasteiger partial charge in [-0.15, -0.1) is 0 Å². The summed E-state index contributed by atoms with van der Waals surface area (Å²) in [5, 5.41) is 11.3. The van der Waals surface area contributed by atoms with E-state index in [9.17, 15) is 13.2 Å². The summed E-state index contributed by atoms with van der Waals surface area (Å²) in [6.45, 7) is 1.77. The summed E-state index contributed by atoms with van der Waals surface area (Å²) in [5.41, 5.74) is 0.198. The molecule has 114 valence electrons. The summed E-state index contributed by atoms with van der Waals surface area (Å²) >= 11 is 5.87. The van der Waals surface area contributed by atoms with Gasteiger partial charge in [-0.05, 0) is 24.6 Å². The van der Waals surface area contributed by atoms with Crippen molar-refractivity contribution in [3.8, 4) is 6.07 Å². The van der Waals surface area contributed by atoms with Crippen molar-refractivity contribution < 1.29 is 13.2 Å². The van der Waals surface area contributed by atoms with Crippen LogP contribution in [0.2, 0.25) is 5.02 Å². The standard InChI is InChI=1S/C13H16ClN3O3S/c1-3-6-17(9-13(18)16-2)21(19,20)11-5-4-10(8-15)12(14)7-11/h4-5,7H,3,6,9H2,1-2H3,(H,16,18). The van der Waals surface area contributed by atoms with Crippen molar-refractivity contribution in [1.82, 2.24) is 9.62 Å². The Morgan fingerprint density at radius 3 is 2.62 bits per heavy atom. The number of carbonyl (C=O) groups is 1. The van der Waals surface area contributed by atoms with Crippen LogP contribution in [0.1, 0.15) is 18.9 Å². The van der Waals surface area contributed by atoms with E-state index in [0.717, 1.165) is 4.31 Å². The fourth-order valence-corrected chi connectivity index (χ4v) is 3.47. The summed E-state index contributed by atoms with van der Waals surface area (Å²) in [5.74, 6) is -0.397. The largest absolute Gasteiger partial charge is 0.358 e. The van der Waals surface area contributed by atoms with Crippen LogP contribution in [0.15, 0.2) is 23.1 Å². The maximum atomic E-state index is 12.5. The zero-order chi connectivity index (χ0) is 16.0. The number of carbonyl (C=O) groups excluding carboxylic acids is 1. The molecule has 1 amide bonds. The molecule has 0 aliphatic heterocycles. The number of nitriles is 1. The lowest BCUT2D eigenvalue weighted by atomic mass is 10.2. The monoisotopic (exact) mass is 329 g/mol. The number of sulfonamides is 1. The lowest BCUT2D eigenvalue weighted by molar-refractivity contribution is -0.120. The molecule has 0 fully saturated rings. The molecule has 0 radical (unpaired) electrons. The van der Waals surface area contributed by atoms with E-state index in [0.29, 0.717) is 6.42 Å². The van der Waals surface area contributed by atoms with Crippen molar-refractivity contribution in [3.63, 3.8) is 0 Å². The number of amides is 1. The van der Waals surface area contributed by atoms with E-state index in [4.69, 9.17) is 16.9 Å². The molecule has 0 aromatic heterocycles. The number of nitrogens with zero attached hydrogens (tertiary/aromatic N) is 2. The van der Waals surface area contributed by atoms with Gasteiger partial charge in [0, 0.05) is 13.6 Å². The molecule has 0 saturated heterocycles. The Labute approximate surface area is 129 Å². The molecule has 21 heavy (non-hydrogen) atoms. The summed E-state index contributed by atoms with van der Waals surface area (Å²) < 4.78 is 26.1. The fourth-order valence-electron chi connectivity index (χ4n) is 1.67. The number of hydrogen-bond donors (Lipinski definition) is 1. The van der Waals surface area contributed by atoms with E-state index in [1.807, 2.05) is 13.0 Å². The first-order chi connectivity index (χ1) is 9.86. The molecule has 0 aliphatic rings. The molecule has 0 aliphatic carbocycles. The van der Waals surface area contributed by atoms with Crippen LogP contribution < -0.4 is 5.32 Å². The third-order valence-corrected chi connectivity index (χ3v) is 4.92. The third kappa shape index (κ3) is 4.17. The van der Waals surface area contributed by atoms with Crippen molar-refractivity contribution >= 4 is 27.5 Å². The van der Waals surface area contributed by atoms with Crippen molar-refractivity contribution in [3.05, 3.63) is 28.8 Å². The quantitative estimate of drug-likeness (QED) is 0.853. The predicted molar refractivity (Wildman–Crippen MR) is 79.3 cm³/mol. The summed E-state index contributed by atoms with van der Waals surface area (Å²) in [4.78, 5) is 11.4. The number of benzene rings is 1. The molecule has 1 rings (SSSR count). The molecule has 0 saturated carbocycles. The lowest BCUT2D eigenvalue weighted by Gasteiger charge is -2.21. The maximum Gasteiger partial charge on any atom is 0.243 e. The Balaban J connectivity index is 3.19. The molecule has 0 heterocycles. The van der Waals surface area contributed by atoms with Crippen molar-refractivity contribution in [2.75, 3.05) is 20.1 Å². The zero-order valence-electron chi connectivity index (χ0n) is 11.8. The SMILES string of the molecule is CCCN(CC(=O)NC)S(=O)(=O)c1ccc(C#N)c(Cl)c1. The van der Waals surface area contributed by atoms with Gasteiger partial charge in [-0.2, -0.15) is 9.57 Å². The molecule has 0 unspecified atom stereocenters. The predicted octanol–water partition coefficient (Wildman–Crippen LogP) is 1.36. The van der Waals surface area contributed by atoms with Crippen LogP contribution in [-0.4, -0.2) is 38.8 Å². The topological polar surface area (TPSA) is 90.3 Å². The minimum absolute atomic E-state index is 0.0381. The molecule has 0 spiro atoms. The van der Waals surface area contributed by atoms with Crippen LogP contribution in [0.4, 0.5) is 0 Å². The van der Waals surface area contributed by atoms with Gasteiger partial charge in [-0.3, -0.25) is 4.79 Å². The van der Waals surface area contributed by atoms with Gasteiger partial charge in [0.1, 0.15) is 6.07 Å². The normalized spacial score (nSPS) is 11.2. The number of rotatable bonds is 6. The molecule has 1 N–H and O–H groups in total. The van der Waals surface area contributed by atoms with Gasteiger partial charge < -0.3 is 5.32 Å². The highest BCUT2D eigenvalue weighted by Gasteiger charge is 2.26. The summed E-state index contributed by atoms with van der Waals surface area (Å²) in [6, 6.07) is 5.75. The van der Waals surface area contributed by atoms with Crippen LogP contribution >= 0.6 is 11.6 Å². The van der Waals surface area contributed by atoms with Crippen LogP contribution in [-0.2, 0) is 14.8 Å². The molecular weight excluding hydrogens is 314 g/mol. The molecule has 1 aromatic carbocycles. The van der Waals surface area contributed by atoms with E-state index in [1.54, 1.807) is 0 Å². The van der Waals surface area contributed by atoms with E-state index < -0.39 is 15.9 Å². The van der Waals surface area contributed by atoms with Crippen LogP contribution in [0.25, 0.3) is 0 Å². The van der Waals surface area contributed by atoms with Gasteiger partial charge in [0.05, 0.1) is 22.0 Å². The number of likely N-dealkylation sites (N-methyl/N-ethyl adjacent to an activating group) is 1. The van der Waals surface area contributed by atoms with Crippen molar-refractivity contribution in [2.45, 2.75) is 18.2 Å². The van der Waals surface area contributed by atoms with Gasteiger partial charge in [-0.25, -0.2) is 8.42 Å². The lowest BCUT2D eigenvalue weighted by Crippen LogP contribution is -2.40. The zero-order valence-corrected chi connectivity index (χ0v) is 13.3. The minimum Gasteiger partial charge on any atom is -0.358 e. The van der Waals surface area contributed by atoms with Gasteiger partial charge in [0.2, 0.25) is 15.9 Å². The van der Waals surface area contributed by atoms with Crippen LogP contribution in [0.3, 0.4) is 0 Å². The minimum atomic E-state index is -3.84. The van der Waals surface area contributed by atoms with Gasteiger partial charge in [0.15, 0.2) is 0 Å². The highest BCUT2D eigenvalue weighted by Crippen LogP contribution is 2.23. The van der Waals surface area contributed by atoms with Gasteiger partial charge >= 0.3 is 0 Å². The van der Waals surface area contributed by atoms with Gasteiger partial charge in [-0.1, -0.05) is 18.5 Å². The molecule has 0 bridgehead atoms. The summed E-state index contributed by atoms with van der Waals surface area (Å²) in [6.07, 6.45) is 0.570. The fraction of sp³-hybridized carbons (Fsp3) is 0.385. The van der Waals surface area contributed by atoms with E-state index in [1.165, 1.54) is 25.2 Å². The maximum absolute atomic E-state index is 12.5. The molecular formula is C13H16ClN3O3S. The van der Waals surface area contributed by atoms with Crippen molar-refractivity contribution in [2.24, 2.45) is 0 Å². The highest BCUT2D eigenvalue weighted by atomic mass is 35.5. The first-order valence-electron chi connectivity index (χ1n) is 6.27. The number of hydrogen-bond acceptors (Lipinski definition) is 4. The average Bonchev–Trinajstić information content (AvgIpc) is 2.46. The first-order valence-corrected chi connectivity index (χ1v) is 8.09. The Morgan fingerprint density at radius 2 is 2.14 bits per heavy atom. The molecule has 8 heteroatoms.